The van der Waals surface area contributed by atoms with Crippen LogP contribution in [0.5, 0.6) is 5.75 Å². The van der Waals surface area contributed by atoms with Crippen molar-refractivity contribution >= 4 is 10.0 Å². The van der Waals surface area contributed by atoms with Gasteiger partial charge in [0, 0.05) is 19.6 Å². The number of nitrogens with zero attached hydrogens (tertiary/aromatic N) is 1. The first-order valence-corrected chi connectivity index (χ1v) is 8.26. The van der Waals surface area contributed by atoms with E-state index in [1.54, 1.807) is 12.1 Å². The third-order valence-corrected chi connectivity index (χ3v) is 5.07. The van der Waals surface area contributed by atoms with Crippen LogP contribution in [-0.4, -0.2) is 40.0 Å². The molecule has 0 bridgehead atoms. The van der Waals surface area contributed by atoms with Crippen LogP contribution in [0.4, 0.5) is 0 Å². The lowest BCUT2D eigenvalue weighted by Gasteiger charge is -2.21. The Kier molecular flexibility index (Phi) is 6.45. The van der Waals surface area contributed by atoms with Crippen molar-refractivity contribution in [2.24, 2.45) is 0 Å². The third-order valence-electron chi connectivity index (χ3n) is 3.05. The second-order valence-electron chi connectivity index (χ2n) is 4.51. The van der Waals surface area contributed by atoms with Crippen molar-refractivity contribution in [3.05, 3.63) is 23.8 Å². The van der Waals surface area contributed by atoms with Crippen molar-refractivity contribution in [1.82, 2.24) is 9.62 Å². The lowest BCUT2D eigenvalue weighted by atomic mass is 10.2. The number of hydrogen-bond donors (Lipinski definition) is 1. The van der Waals surface area contributed by atoms with Gasteiger partial charge >= 0.3 is 0 Å². The van der Waals surface area contributed by atoms with E-state index in [4.69, 9.17) is 4.74 Å². The fourth-order valence-corrected chi connectivity index (χ4v) is 3.75. The summed E-state index contributed by atoms with van der Waals surface area (Å²) < 4.78 is 32.0. The molecule has 20 heavy (non-hydrogen) atoms. The summed E-state index contributed by atoms with van der Waals surface area (Å²) in [4.78, 5) is 0.232. The average Bonchev–Trinajstić information content (AvgIpc) is 2.44. The Labute approximate surface area is 122 Å². The average molecular weight is 300 g/mol. The molecule has 5 nitrogen and oxygen atoms in total. The Balaban J connectivity index is 3.23. The molecule has 1 aromatic carbocycles. The summed E-state index contributed by atoms with van der Waals surface area (Å²) in [5, 5.41) is 3.03. The highest BCUT2D eigenvalue weighted by molar-refractivity contribution is 7.89. The number of hydrogen-bond acceptors (Lipinski definition) is 4. The minimum atomic E-state index is -3.50. The van der Waals surface area contributed by atoms with Gasteiger partial charge in [0.15, 0.2) is 0 Å². The smallest absolute Gasteiger partial charge is 0.246 e. The van der Waals surface area contributed by atoms with Crippen LogP contribution in [0.2, 0.25) is 0 Å². The Morgan fingerprint density at radius 3 is 2.50 bits per heavy atom. The van der Waals surface area contributed by atoms with Crippen LogP contribution in [0.25, 0.3) is 0 Å². The first kappa shape index (κ1) is 16.9. The fraction of sp³-hybridized carbons (Fsp3) is 0.571. The highest BCUT2D eigenvalue weighted by atomic mass is 32.2. The van der Waals surface area contributed by atoms with Gasteiger partial charge in [-0.2, -0.15) is 4.31 Å². The van der Waals surface area contributed by atoms with Crippen LogP contribution in [-0.2, 0) is 16.6 Å². The Hall–Kier alpha value is -1.11. The second-order valence-corrected chi connectivity index (χ2v) is 6.42. The van der Waals surface area contributed by atoms with E-state index in [0.29, 0.717) is 25.4 Å². The first-order valence-electron chi connectivity index (χ1n) is 6.82. The van der Waals surface area contributed by atoms with Gasteiger partial charge in [-0.15, -0.1) is 0 Å². The molecule has 0 aliphatic carbocycles. The lowest BCUT2D eigenvalue weighted by Crippen LogP contribution is -2.31. The number of nitrogens with one attached hydrogen (secondary N) is 1. The summed E-state index contributed by atoms with van der Waals surface area (Å²) in [5.41, 5.74) is 0.988. The SMILES string of the molecule is CCCN(CC)S(=O)(=O)c1ccc(CNC)cc1OC. The topological polar surface area (TPSA) is 58.6 Å². The standard InChI is InChI=1S/C14H24N2O3S/c1-5-9-16(6-2)20(17,18)14-8-7-12(11-15-3)10-13(14)19-4/h7-8,10,15H,5-6,9,11H2,1-4H3. The highest BCUT2D eigenvalue weighted by Crippen LogP contribution is 2.28. The van der Waals surface area contributed by atoms with E-state index in [2.05, 4.69) is 5.32 Å². The van der Waals surface area contributed by atoms with Crippen LogP contribution in [0.1, 0.15) is 25.8 Å². The van der Waals surface area contributed by atoms with Gasteiger partial charge in [0.1, 0.15) is 10.6 Å². The molecule has 0 saturated carbocycles. The maximum Gasteiger partial charge on any atom is 0.246 e. The van der Waals surface area contributed by atoms with Gasteiger partial charge in [-0.3, -0.25) is 0 Å². The Morgan fingerprint density at radius 2 is 2.00 bits per heavy atom. The summed E-state index contributed by atoms with van der Waals surface area (Å²) in [7, 11) is -0.162. The van der Waals surface area contributed by atoms with Crippen molar-refractivity contribution < 1.29 is 13.2 Å². The first-order chi connectivity index (χ1) is 9.51. The van der Waals surface area contributed by atoms with Crippen molar-refractivity contribution in [2.45, 2.75) is 31.7 Å². The molecule has 0 fully saturated rings. The largest absolute Gasteiger partial charge is 0.495 e. The summed E-state index contributed by atoms with van der Waals surface area (Å²) >= 11 is 0. The predicted molar refractivity (Wildman–Crippen MR) is 80.5 cm³/mol. The van der Waals surface area contributed by atoms with Gasteiger partial charge in [-0.05, 0) is 31.2 Å². The van der Waals surface area contributed by atoms with Gasteiger partial charge in [0.2, 0.25) is 10.0 Å². The molecule has 0 aromatic heterocycles. The molecule has 0 aliphatic rings. The van der Waals surface area contributed by atoms with Gasteiger partial charge < -0.3 is 10.1 Å². The summed E-state index contributed by atoms with van der Waals surface area (Å²) in [6.45, 7) is 5.45. The van der Waals surface area contributed by atoms with Crippen molar-refractivity contribution in [2.75, 3.05) is 27.2 Å². The molecular weight excluding hydrogens is 276 g/mol. The molecule has 0 heterocycles. The molecule has 0 amide bonds. The third kappa shape index (κ3) is 3.71. The monoisotopic (exact) mass is 300 g/mol. The molecule has 0 unspecified atom stereocenters. The minimum absolute atomic E-state index is 0.232. The van der Waals surface area contributed by atoms with Gasteiger partial charge in [0.05, 0.1) is 7.11 Å². The summed E-state index contributed by atoms with van der Waals surface area (Å²) in [6, 6.07) is 5.20. The van der Waals surface area contributed by atoms with E-state index in [9.17, 15) is 8.42 Å². The van der Waals surface area contributed by atoms with Crippen LogP contribution in [0.3, 0.4) is 0 Å². The number of rotatable bonds is 8. The molecule has 0 spiro atoms. The lowest BCUT2D eigenvalue weighted by molar-refractivity contribution is 0.392. The predicted octanol–water partition coefficient (Wildman–Crippen LogP) is 1.84. The normalized spacial score (nSPS) is 11.8. The zero-order valence-electron chi connectivity index (χ0n) is 12.6. The molecule has 114 valence electrons. The molecule has 1 rings (SSSR count). The van der Waals surface area contributed by atoms with Gasteiger partial charge in [-0.1, -0.05) is 19.9 Å². The van der Waals surface area contributed by atoms with E-state index in [1.165, 1.54) is 11.4 Å². The Bertz CT molecular complexity index is 529. The number of methoxy groups -OCH3 is 1. The Morgan fingerprint density at radius 1 is 1.30 bits per heavy atom. The van der Waals surface area contributed by atoms with Crippen molar-refractivity contribution in [3.8, 4) is 5.75 Å². The molecular formula is C14H24N2O3S. The van der Waals surface area contributed by atoms with E-state index >= 15 is 0 Å². The molecule has 0 atom stereocenters. The quantitative estimate of drug-likeness (QED) is 0.796. The maximum absolute atomic E-state index is 12.6. The fourth-order valence-electron chi connectivity index (χ4n) is 2.08. The number of ether oxygens (including phenoxy) is 1. The number of benzene rings is 1. The second kappa shape index (κ2) is 7.61. The maximum atomic E-state index is 12.6. The van der Waals surface area contributed by atoms with E-state index < -0.39 is 10.0 Å². The number of sulfonamides is 1. The zero-order valence-corrected chi connectivity index (χ0v) is 13.5. The van der Waals surface area contributed by atoms with E-state index in [1.807, 2.05) is 27.0 Å². The zero-order chi connectivity index (χ0) is 15.2. The van der Waals surface area contributed by atoms with E-state index in [-0.39, 0.29) is 4.90 Å². The molecule has 0 saturated heterocycles. The van der Waals surface area contributed by atoms with Crippen LogP contribution < -0.4 is 10.1 Å². The van der Waals surface area contributed by atoms with Crippen LogP contribution in [0.15, 0.2) is 23.1 Å². The molecule has 0 radical (unpaired) electrons. The minimum Gasteiger partial charge on any atom is -0.495 e. The molecule has 1 N–H and O–H groups in total. The molecule has 1 aromatic rings. The van der Waals surface area contributed by atoms with Gasteiger partial charge in [0.25, 0.3) is 0 Å². The van der Waals surface area contributed by atoms with Crippen molar-refractivity contribution in [3.63, 3.8) is 0 Å². The summed E-state index contributed by atoms with van der Waals surface area (Å²) in [5.74, 6) is 0.396. The molecule has 6 heteroatoms. The van der Waals surface area contributed by atoms with Crippen molar-refractivity contribution in [1.29, 1.82) is 0 Å². The van der Waals surface area contributed by atoms with E-state index in [0.717, 1.165) is 12.0 Å². The van der Waals surface area contributed by atoms with Crippen LogP contribution in [0, 0.1) is 0 Å². The van der Waals surface area contributed by atoms with Gasteiger partial charge in [-0.25, -0.2) is 8.42 Å². The highest BCUT2D eigenvalue weighted by Gasteiger charge is 2.26. The molecule has 0 aliphatic heterocycles. The summed E-state index contributed by atoms with van der Waals surface area (Å²) in [6.07, 6.45) is 0.785. The van der Waals surface area contributed by atoms with Crippen LogP contribution >= 0.6 is 0 Å².